The van der Waals surface area contributed by atoms with E-state index < -0.39 is 9.85 Å². The summed E-state index contributed by atoms with van der Waals surface area (Å²) in [6, 6.07) is 8.83. The summed E-state index contributed by atoms with van der Waals surface area (Å²) in [5.74, 6) is 0.166. The molecule has 0 radical (unpaired) electrons. The van der Waals surface area contributed by atoms with Gasteiger partial charge in [-0.1, -0.05) is 13.8 Å². The number of phenolic OH excluding ortho intramolecular Hbond substituents is 1. The Labute approximate surface area is 160 Å². The Morgan fingerprint density at radius 3 is 2.18 bits per heavy atom. The maximum Gasteiger partial charge on any atom is 0.281 e. The maximum atomic E-state index is 10.5. The van der Waals surface area contributed by atoms with Gasteiger partial charge in [0.15, 0.2) is 0 Å². The molecule has 0 unspecified atom stereocenters. The normalized spacial score (nSPS) is 9.54. The molecule has 10 nitrogen and oxygen atoms in total. The topological polar surface area (TPSA) is 171 Å². The first kappa shape index (κ1) is 22.1. The number of aromatic nitrogens is 1. The summed E-state index contributed by atoms with van der Waals surface area (Å²) < 4.78 is 0. The van der Waals surface area contributed by atoms with Gasteiger partial charge in [0.25, 0.3) is 11.4 Å². The number of nitrogens with zero attached hydrogens (tertiary/aromatic N) is 3. The lowest BCUT2D eigenvalue weighted by Gasteiger charge is -2.01. The van der Waals surface area contributed by atoms with Crippen LogP contribution >= 0.6 is 0 Å². The predicted molar refractivity (Wildman–Crippen MR) is 108 cm³/mol. The third kappa shape index (κ3) is 5.04. The Kier molecular flexibility index (Phi) is 7.63. The van der Waals surface area contributed by atoms with Crippen molar-refractivity contribution in [1.82, 2.24) is 4.98 Å². The van der Waals surface area contributed by atoms with Crippen LogP contribution in [0.4, 0.5) is 22.7 Å². The van der Waals surface area contributed by atoms with E-state index in [9.17, 15) is 25.3 Å². The van der Waals surface area contributed by atoms with Gasteiger partial charge >= 0.3 is 0 Å². The fourth-order valence-electron chi connectivity index (χ4n) is 2.18. The van der Waals surface area contributed by atoms with Gasteiger partial charge in [0.1, 0.15) is 11.3 Å². The Balaban J connectivity index is 0.000000259. The van der Waals surface area contributed by atoms with Gasteiger partial charge in [0.2, 0.25) is 0 Å². The summed E-state index contributed by atoms with van der Waals surface area (Å²) in [4.78, 5) is 23.4. The molecule has 3 rings (SSSR count). The van der Waals surface area contributed by atoms with Crippen LogP contribution in [-0.2, 0) is 0 Å². The number of non-ortho nitro benzene ring substituents is 1. The molecule has 1 heterocycles. The number of pyridine rings is 1. The van der Waals surface area contributed by atoms with E-state index in [-0.39, 0.29) is 28.4 Å². The van der Waals surface area contributed by atoms with Crippen molar-refractivity contribution in [2.45, 2.75) is 20.8 Å². The number of aromatic hydroxyl groups is 1. The van der Waals surface area contributed by atoms with Crippen LogP contribution in [0.15, 0.2) is 42.6 Å². The molecule has 0 saturated carbocycles. The number of nitrogens with two attached hydrogens (primary N) is 2. The van der Waals surface area contributed by atoms with Crippen LogP contribution < -0.4 is 11.5 Å². The first-order valence-corrected chi connectivity index (χ1v) is 8.23. The number of benzene rings is 2. The molecular formula is C18H21N5O5. The van der Waals surface area contributed by atoms with Gasteiger partial charge in [-0.15, -0.1) is 0 Å². The molecule has 0 spiro atoms. The molecule has 2 aromatic carbocycles. The molecule has 3 aromatic rings. The minimum atomic E-state index is -0.719. The summed E-state index contributed by atoms with van der Waals surface area (Å²) in [7, 11) is 0. The smallest absolute Gasteiger partial charge is 0.281 e. The lowest BCUT2D eigenvalue weighted by molar-refractivity contribution is -0.394. The Hall–Kier alpha value is -3.95. The standard InChI is InChI=1S/C9H8N2O.C7H7N3O4.C2H6/c10-7-3-4-8(12)9-6(7)2-1-5-11-9;1-4-6(8)2-5(9(11)12)3-7(4)10(13)14;1-2/h1-5,12H,10H2;2-3H,8H2,1H3;1-2H3. The highest BCUT2D eigenvalue weighted by Gasteiger charge is 2.19. The van der Waals surface area contributed by atoms with Crippen molar-refractivity contribution in [2.24, 2.45) is 0 Å². The van der Waals surface area contributed by atoms with Crippen LogP contribution in [0.1, 0.15) is 19.4 Å². The zero-order valence-electron chi connectivity index (χ0n) is 15.6. The van der Waals surface area contributed by atoms with Crippen molar-refractivity contribution in [1.29, 1.82) is 0 Å². The number of nitrogen functional groups attached to an aromatic ring is 2. The number of rotatable bonds is 2. The maximum absolute atomic E-state index is 10.5. The minimum Gasteiger partial charge on any atom is -0.506 e. The Bertz CT molecular complexity index is 967. The van der Waals surface area contributed by atoms with Crippen LogP contribution in [0.5, 0.6) is 5.75 Å². The molecule has 10 heteroatoms. The molecule has 0 aliphatic rings. The lowest BCUT2D eigenvalue weighted by Crippen LogP contribution is -1.99. The average molecular weight is 387 g/mol. The number of nitro benzene ring substituents is 2. The van der Waals surface area contributed by atoms with Gasteiger partial charge in [-0.2, -0.15) is 0 Å². The fourth-order valence-corrected chi connectivity index (χ4v) is 2.18. The summed E-state index contributed by atoms with van der Waals surface area (Å²) in [6.45, 7) is 5.44. The lowest BCUT2D eigenvalue weighted by atomic mass is 10.1. The van der Waals surface area contributed by atoms with Gasteiger partial charge in [0, 0.05) is 29.0 Å². The molecule has 28 heavy (non-hydrogen) atoms. The molecule has 0 saturated heterocycles. The number of hydrogen-bond acceptors (Lipinski definition) is 8. The van der Waals surface area contributed by atoms with E-state index in [0.29, 0.717) is 11.2 Å². The van der Waals surface area contributed by atoms with Gasteiger partial charge in [-0.05, 0) is 31.2 Å². The SMILES string of the molecule is CC.Cc1c(N)cc([N+](=O)[O-])cc1[N+](=O)[O-].Nc1ccc(O)c2ncccc12. The predicted octanol–water partition coefficient (Wildman–Crippen LogP) is 3.94. The van der Waals surface area contributed by atoms with Crippen molar-refractivity contribution in [3.8, 4) is 5.75 Å². The monoisotopic (exact) mass is 387 g/mol. The average Bonchev–Trinajstić information content (AvgIpc) is 2.68. The van der Waals surface area contributed by atoms with E-state index in [4.69, 9.17) is 11.5 Å². The highest BCUT2D eigenvalue weighted by Crippen LogP contribution is 2.29. The summed E-state index contributed by atoms with van der Waals surface area (Å²) in [6.07, 6.45) is 1.63. The zero-order valence-corrected chi connectivity index (χ0v) is 15.6. The summed E-state index contributed by atoms with van der Waals surface area (Å²) in [5, 5.41) is 31.0. The Morgan fingerprint density at radius 2 is 1.64 bits per heavy atom. The second-order valence-electron chi connectivity index (χ2n) is 5.27. The van der Waals surface area contributed by atoms with Gasteiger partial charge in [-0.25, -0.2) is 0 Å². The number of hydrogen-bond donors (Lipinski definition) is 3. The van der Waals surface area contributed by atoms with E-state index in [1.54, 1.807) is 24.4 Å². The molecule has 0 amide bonds. The highest BCUT2D eigenvalue weighted by atomic mass is 16.6. The molecule has 0 aliphatic carbocycles. The quantitative estimate of drug-likeness (QED) is 0.257. The fraction of sp³-hybridized carbons (Fsp3) is 0.167. The van der Waals surface area contributed by atoms with Crippen LogP contribution in [0, 0.1) is 27.2 Å². The van der Waals surface area contributed by atoms with Crippen LogP contribution in [0.2, 0.25) is 0 Å². The second-order valence-corrected chi connectivity index (χ2v) is 5.27. The minimum absolute atomic E-state index is 0.0471. The number of nitro groups is 2. The van der Waals surface area contributed by atoms with Crippen molar-refractivity contribution in [3.63, 3.8) is 0 Å². The molecule has 0 aliphatic heterocycles. The molecule has 148 valence electrons. The van der Waals surface area contributed by atoms with E-state index >= 15 is 0 Å². The van der Waals surface area contributed by atoms with Crippen LogP contribution in [-0.4, -0.2) is 19.9 Å². The third-order valence-corrected chi connectivity index (χ3v) is 3.59. The van der Waals surface area contributed by atoms with Crippen molar-refractivity contribution in [3.05, 3.63) is 68.4 Å². The van der Waals surface area contributed by atoms with Gasteiger partial charge < -0.3 is 16.6 Å². The molecule has 1 aromatic heterocycles. The first-order chi connectivity index (χ1) is 13.2. The number of phenols is 1. The summed E-state index contributed by atoms with van der Waals surface area (Å²) >= 11 is 0. The largest absolute Gasteiger partial charge is 0.506 e. The van der Waals surface area contributed by atoms with Crippen molar-refractivity contribution >= 4 is 33.7 Å². The van der Waals surface area contributed by atoms with E-state index in [1.165, 1.54) is 6.92 Å². The first-order valence-electron chi connectivity index (χ1n) is 8.23. The molecule has 0 bridgehead atoms. The molecule has 0 atom stereocenters. The van der Waals surface area contributed by atoms with E-state index in [1.807, 2.05) is 19.9 Å². The molecule has 0 fully saturated rings. The van der Waals surface area contributed by atoms with E-state index in [2.05, 4.69) is 4.98 Å². The number of anilines is 2. The van der Waals surface area contributed by atoms with Gasteiger partial charge in [-0.3, -0.25) is 25.2 Å². The van der Waals surface area contributed by atoms with Crippen molar-refractivity contribution in [2.75, 3.05) is 11.5 Å². The Morgan fingerprint density at radius 1 is 1.00 bits per heavy atom. The van der Waals surface area contributed by atoms with E-state index in [0.717, 1.165) is 17.5 Å². The second kappa shape index (κ2) is 9.67. The summed E-state index contributed by atoms with van der Waals surface area (Å²) in [5.41, 5.74) is 11.8. The molecular weight excluding hydrogens is 366 g/mol. The van der Waals surface area contributed by atoms with Crippen molar-refractivity contribution < 1.29 is 15.0 Å². The third-order valence-electron chi connectivity index (χ3n) is 3.59. The van der Waals surface area contributed by atoms with Gasteiger partial charge in [0.05, 0.1) is 21.5 Å². The van der Waals surface area contributed by atoms with Crippen LogP contribution in [0.25, 0.3) is 10.9 Å². The number of fused-ring (bicyclic) bond motifs is 1. The zero-order chi connectivity index (χ0) is 21.4. The molecule has 5 N–H and O–H groups in total. The van der Waals surface area contributed by atoms with Crippen LogP contribution in [0.3, 0.4) is 0 Å². The highest BCUT2D eigenvalue weighted by molar-refractivity contribution is 5.93.